The van der Waals surface area contributed by atoms with Crippen LogP contribution in [0, 0.1) is 5.41 Å². The highest BCUT2D eigenvalue weighted by Gasteiger charge is 2.01. The molecule has 16 heavy (non-hydrogen) atoms. The summed E-state index contributed by atoms with van der Waals surface area (Å²) in [7, 11) is 0. The first-order valence-electron chi connectivity index (χ1n) is 4.52. The summed E-state index contributed by atoms with van der Waals surface area (Å²) in [5.41, 5.74) is 16.7. The third-order valence-electron chi connectivity index (χ3n) is 1.53. The molecule has 8 heteroatoms. The molecular weight excluding hydrogens is 244 g/mol. The summed E-state index contributed by atoms with van der Waals surface area (Å²) in [6.07, 6.45) is 0.607. The minimum Gasteiger partial charge on any atom is -0.388 e. The number of aliphatic imine (C=N–C) groups is 1. The van der Waals surface area contributed by atoms with Crippen LogP contribution in [-0.4, -0.2) is 22.5 Å². The van der Waals surface area contributed by atoms with Gasteiger partial charge in [0.1, 0.15) is 0 Å². The number of guanidine groups is 1. The summed E-state index contributed by atoms with van der Waals surface area (Å²) in [6, 6.07) is 0. The van der Waals surface area contributed by atoms with E-state index in [-0.39, 0.29) is 11.8 Å². The second kappa shape index (κ2) is 6.33. The van der Waals surface area contributed by atoms with Gasteiger partial charge in [-0.15, -0.1) is 11.3 Å². The molecule has 1 aromatic rings. The average molecular weight is 258 g/mol. The predicted molar refractivity (Wildman–Crippen MR) is 70.3 cm³/mol. The lowest BCUT2D eigenvalue weighted by Crippen LogP contribution is -2.21. The minimum absolute atomic E-state index is 0.0186. The second-order valence-electron chi connectivity index (χ2n) is 2.99. The topological polar surface area (TPSA) is 127 Å². The van der Waals surface area contributed by atoms with Crippen LogP contribution in [0.4, 0.5) is 5.13 Å². The van der Waals surface area contributed by atoms with Gasteiger partial charge in [0.15, 0.2) is 5.96 Å². The normalized spacial score (nSPS) is 10.0. The molecule has 0 radical (unpaired) electrons. The van der Waals surface area contributed by atoms with E-state index in [0.717, 1.165) is 17.2 Å². The number of nitrogens with one attached hydrogen (secondary N) is 1. The molecule has 0 aliphatic rings. The summed E-state index contributed by atoms with van der Waals surface area (Å²) < 4.78 is 0. The molecule has 1 heterocycles. The summed E-state index contributed by atoms with van der Waals surface area (Å²) in [5, 5.41) is 9.55. The number of thioether (sulfide) groups is 1. The standard InChI is InChI=1S/C8H14N6S2/c9-6(10)1-2-15-3-5-4-16-8(13-5)14-7(11)12/h4H,1-3H2,(H3,9,10)(H4,11,12,13,14). The number of aromatic nitrogens is 1. The fourth-order valence-electron chi connectivity index (χ4n) is 0.883. The molecule has 0 unspecified atom stereocenters. The number of rotatable bonds is 6. The van der Waals surface area contributed by atoms with Gasteiger partial charge >= 0.3 is 0 Å². The molecule has 1 aromatic heterocycles. The van der Waals surface area contributed by atoms with Gasteiger partial charge in [0.2, 0.25) is 5.13 Å². The molecule has 0 saturated carbocycles. The molecule has 0 aliphatic heterocycles. The van der Waals surface area contributed by atoms with E-state index >= 15 is 0 Å². The average Bonchev–Trinajstić information content (AvgIpc) is 2.59. The Kier molecular flexibility index (Phi) is 5.06. The van der Waals surface area contributed by atoms with Gasteiger partial charge in [0.25, 0.3) is 0 Å². The van der Waals surface area contributed by atoms with Crippen LogP contribution in [0.25, 0.3) is 0 Å². The highest BCUT2D eigenvalue weighted by molar-refractivity contribution is 7.98. The SMILES string of the molecule is N=C(N)CCSCc1csc(N=C(N)N)n1. The number of thiazole rings is 1. The largest absolute Gasteiger partial charge is 0.388 e. The number of nitrogens with zero attached hydrogens (tertiary/aromatic N) is 2. The monoisotopic (exact) mass is 258 g/mol. The van der Waals surface area contributed by atoms with Gasteiger partial charge in [-0.1, -0.05) is 0 Å². The first-order valence-corrected chi connectivity index (χ1v) is 6.56. The van der Waals surface area contributed by atoms with Crippen LogP contribution in [0.2, 0.25) is 0 Å². The Labute approximate surface area is 102 Å². The maximum atomic E-state index is 7.06. The van der Waals surface area contributed by atoms with E-state index in [9.17, 15) is 0 Å². The van der Waals surface area contributed by atoms with Crippen LogP contribution in [0.15, 0.2) is 10.4 Å². The second-order valence-corrected chi connectivity index (χ2v) is 4.93. The van der Waals surface area contributed by atoms with Crippen LogP contribution < -0.4 is 17.2 Å². The minimum atomic E-state index is 0.0186. The molecule has 1 rings (SSSR count). The number of hydrogen-bond acceptors (Lipinski definition) is 5. The van der Waals surface area contributed by atoms with Gasteiger partial charge in [0.05, 0.1) is 11.5 Å². The van der Waals surface area contributed by atoms with Crippen molar-refractivity contribution in [3.8, 4) is 0 Å². The van der Waals surface area contributed by atoms with Crippen molar-refractivity contribution in [1.29, 1.82) is 5.41 Å². The Morgan fingerprint density at radius 1 is 1.50 bits per heavy atom. The molecule has 0 aromatic carbocycles. The van der Waals surface area contributed by atoms with Gasteiger partial charge in [-0.2, -0.15) is 16.8 Å². The number of nitrogens with two attached hydrogens (primary N) is 3. The van der Waals surface area contributed by atoms with E-state index in [4.69, 9.17) is 22.6 Å². The highest BCUT2D eigenvalue weighted by atomic mass is 32.2. The Bertz CT molecular complexity index is 382. The van der Waals surface area contributed by atoms with Crippen molar-refractivity contribution in [2.75, 3.05) is 5.75 Å². The lowest BCUT2D eigenvalue weighted by atomic mass is 10.5. The molecule has 0 amide bonds. The first-order chi connectivity index (χ1) is 7.58. The Balaban J connectivity index is 2.35. The van der Waals surface area contributed by atoms with Crippen molar-refractivity contribution < 1.29 is 0 Å². The summed E-state index contributed by atoms with van der Waals surface area (Å²) in [5.74, 6) is 1.84. The lowest BCUT2D eigenvalue weighted by Gasteiger charge is -1.97. The lowest BCUT2D eigenvalue weighted by molar-refractivity contribution is 1.19. The van der Waals surface area contributed by atoms with Gasteiger partial charge in [-0.25, -0.2) is 4.98 Å². The fourth-order valence-corrected chi connectivity index (χ4v) is 2.56. The maximum absolute atomic E-state index is 7.06. The van der Waals surface area contributed by atoms with Crippen molar-refractivity contribution in [3.63, 3.8) is 0 Å². The van der Waals surface area contributed by atoms with Crippen LogP contribution in [-0.2, 0) is 5.75 Å². The highest BCUT2D eigenvalue weighted by Crippen LogP contribution is 2.21. The molecule has 88 valence electrons. The number of hydrogen-bond donors (Lipinski definition) is 4. The first kappa shape index (κ1) is 12.8. The molecule has 0 spiro atoms. The maximum Gasteiger partial charge on any atom is 0.212 e. The van der Waals surface area contributed by atoms with E-state index in [1.54, 1.807) is 11.8 Å². The van der Waals surface area contributed by atoms with Gasteiger partial charge in [0, 0.05) is 23.3 Å². The Hall–Kier alpha value is -1.28. The molecule has 0 bridgehead atoms. The fraction of sp³-hybridized carbons (Fsp3) is 0.375. The molecule has 7 N–H and O–H groups in total. The van der Waals surface area contributed by atoms with Crippen LogP contribution in [0.5, 0.6) is 0 Å². The smallest absolute Gasteiger partial charge is 0.212 e. The van der Waals surface area contributed by atoms with Crippen LogP contribution >= 0.6 is 23.1 Å². The summed E-state index contributed by atoms with van der Waals surface area (Å²) in [4.78, 5) is 8.09. The van der Waals surface area contributed by atoms with E-state index in [1.807, 2.05) is 5.38 Å². The third-order valence-corrected chi connectivity index (χ3v) is 3.31. The molecule has 0 saturated heterocycles. The molecule has 6 nitrogen and oxygen atoms in total. The predicted octanol–water partition coefficient (Wildman–Crippen LogP) is 0.607. The molecule has 0 aliphatic carbocycles. The Morgan fingerprint density at radius 2 is 2.25 bits per heavy atom. The zero-order chi connectivity index (χ0) is 12.0. The van der Waals surface area contributed by atoms with Gasteiger partial charge in [-0.05, 0) is 0 Å². The summed E-state index contributed by atoms with van der Waals surface area (Å²) >= 11 is 3.08. The number of amidine groups is 1. The van der Waals surface area contributed by atoms with Gasteiger partial charge < -0.3 is 17.2 Å². The van der Waals surface area contributed by atoms with Crippen molar-refractivity contribution >= 4 is 40.0 Å². The third kappa shape index (κ3) is 4.99. The van der Waals surface area contributed by atoms with E-state index in [1.165, 1.54) is 11.3 Å². The van der Waals surface area contributed by atoms with Crippen molar-refractivity contribution in [1.82, 2.24) is 4.98 Å². The van der Waals surface area contributed by atoms with E-state index in [2.05, 4.69) is 9.98 Å². The van der Waals surface area contributed by atoms with Crippen molar-refractivity contribution in [2.45, 2.75) is 12.2 Å². The van der Waals surface area contributed by atoms with Crippen LogP contribution in [0.3, 0.4) is 0 Å². The zero-order valence-electron chi connectivity index (χ0n) is 8.64. The van der Waals surface area contributed by atoms with E-state index in [0.29, 0.717) is 11.6 Å². The quantitative estimate of drug-likeness (QED) is 0.337. The van der Waals surface area contributed by atoms with Crippen LogP contribution in [0.1, 0.15) is 12.1 Å². The molecular formula is C8H14N6S2. The zero-order valence-corrected chi connectivity index (χ0v) is 10.3. The van der Waals surface area contributed by atoms with Gasteiger partial charge in [-0.3, -0.25) is 5.41 Å². The molecule has 0 fully saturated rings. The van der Waals surface area contributed by atoms with E-state index < -0.39 is 0 Å². The van der Waals surface area contributed by atoms with Crippen molar-refractivity contribution in [3.05, 3.63) is 11.1 Å². The summed E-state index contributed by atoms with van der Waals surface area (Å²) in [6.45, 7) is 0. The Morgan fingerprint density at radius 3 is 2.88 bits per heavy atom. The van der Waals surface area contributed by atoms with Crippen molar-refractivity contribution in [2.24, 2.45) is 22.2 Å². The molecule has 0 atom stereocenters.